The van der Waals surface area contributed by atoms with E-state index in [-0.39, 0.29) is 5.54 Å². The standard InChI is InChI=1S/C11H21N5O/c1-3-11(7-12,8-17-2)16-5-4-15-9-13-14-10(15)6-16/h9H,3-8,12H2,1-2H3. The minimum absolute atomic E-state index is 0.0774. The third kappa shape index (κ3) is 2.20. The van der Waals surface area contributed by atoms with Gasteiger partial charge in [0.05, 0.1) is 18.7 Å². The lowest BCUT2D eigenvalue weighted by atomic mass is 9.94. The van der Waals surface area contributed by atoms with Gasteiger partial charge in [-0.1, -0.05) is 6.92 Å². The average molecular weight is 239 g/mol. The van der Waals surface area contributed by atoms with Crippen molar-refractivity contribution in [3.05, 3.63) is 12.2 Å². The molecule has 0 amide bonds. The summed E-state index contributed by atoms with van der Waals surface area (Å²) in [5.74, 6) is 1.01. The number of aromatic nitrogens is 3. The van der Waals surface area contributed by atoms with Crippen LogP contribution in [0.4, 0.5) is 0 Å². The molecule has 6 heteroatoms. The van der Waals surface area contributed by atoms with Gasteiger partial charge in [0, 0.05) is 26.7 Å². The van der Waals surface area contributed by atoms with Crippen molar-refractivity contribution in [1.82, 2.24) is 19.7 Å². The molecule has 6 nitrogen and oxygen atoms in total. The van der Waals surface area contributed by atoms with Crippen LogP contribution in [0.1, 0.15) is 19.2 Å². The molecule has 1 aromatic heterocycles. The van der Waals surface area contributed by atoms with Crippen LogP contribution in [-0.4, -0.2) is 52.0 Å². The molecule has 1 aliphatic rings. The van der Waals surface area contributed by atoms with Crippen molar-refractivity contribution >= 4 is 0 Å². The average Bonchev–Trinajstić information content (AvgIpc) is 2.83. The first kappa shape index (κ1) is 12.5. The van der Waals surface area contributed by atoms with E-state index in [0.29, 0.717) is 13.2 Å². The van der Waals surface area contributed by atoms with Crippen molar-refractivity contribution in [1.29, 1.82) is 0 Å². The zero-order chi connectivity index (χ0) is 12.3. The van der Waals surface area contributed by atoms with Crippen LogP contribution in [0.15, 0.2) is 6.33 Å². The Morgan fingerprint density at radius 1 is 1.53 bits per heavy atom. The first-order valence-corrected chi connectivity index (χ1v) is 6.06. The highest BCUT2D eigenvalue weighted by atomic mass is 16.5. The van der Waals surface area contributed by atoms with E-state index in [2.05, 4.69) is 26.6 Å². The molecule has 2 heterocycles. The summed E-state index contributed by atoms with van der Waals surface area (Å²) in [6, 6.07) is 0. The number of nitrogens with zero attached hydrogens (tertiary/aromatic N) is 4. The first-order valence-electron chi connectivity index (χ1n) is 6.06. The SMILES string of the molecule is CCC(CN)(COC)N1CCn2cnnc2C1. The van der Waals surface area contributed by atoms with Gasteiger partial charge in [0.2, 0.25) is 0 Å². The fourth-order valence-corrected chi connectivity index (χ4v) is 2.49. The van der Waals surface area contributed by atoms with Gasteiger partial charge < -0.3 is 15.0 Å². The molecule has 1 aliphatic heterocycles. The summed E-state index contributed by atoms with van der Waals surface area (Å²) in [5, 5.41) is 8.08. The topological polar surface area (TPSA) is 69.2 Å². The number of hydrogen-bond donors (Lipinski definition) is 1. The highest BCUT2D eigenvalue weighted by molar-refractivity contribution is 4.98. The van der Waals surface area contributed by atoms with E-state index in [0.717, 1.165) is 31.9 Å². The number of fused-ring (bicyclic) bond motifs is 1. The third-order valence-corrected chi connectivity index (χ3v) is 3.76. The smallest absolute Gasteiger partial charge is 0.147 e. The monoisotopic (exact) mass is 239 g/mol. The van der Waals surface area contributed by atoms with E-state index in [4.69, 9.17) is 10.5 Å². The Morgan fingerprint density at radius 2 is 2.35 bits per heavy atom. The normalized spacial score (nSPS) is 19.9. The zero-order valence-electron chi connectivity index (χ0n) is 10.6. The minimum Gasteiger partial charge on any atom is -0.383 e. The first-order chi connectivity index (χ1) is 8.25. The highest BCUT2D eigenvalue weighted by Crippen LogP contribution is 2.24. The number of nitrogens with two attached hydrogens (primary N) is 1. The molecule has 1 aromatic rings. The van der Waals surface area contributed by atoms with Gasteiger partial charge >= 0.3 is 0 Å². The largest absolute Gasteiger partial charge is 0.383 e. The molecule has 0 spiro atoms. The molecule has 0 radical (unpaired) electrons. The third-order valence-electron chi connectivity index (χ3n) is 3.76. The van der Waals surface area contributed by atoms with E-state index in [1.807, 2.05) is 0 Å². The molecule has 17 heavy (non-hydrogen) atoms. The van der Waals surface area contributed by atoms with Gasteiger partial charge in [0.15, 0.2) is 0 Å². The second kappa shape index (κ2) is 5.12. The predicted octanol–water partition coefficient (Wildman–Crippen LogP) is -0.152. The van der Waals surface area contributed by atoms with Crippen LogP contribution >= 0.6 is 0 Å². The maximum atomic E-state index is 5.97. The summed E-state index contributed by atoms with van der Waals surface area (Å²) in [4.78, 5) is 2.38. The van der Waals surface area contributed by atoms with E-state index >= 15 is 0 Å². The van der Waals surface area contributed by atoms with Gasteiger partial charge in [-0.25, -0.2) is 0 Å². The van der Waals surface area contributed by atoms with E-state index in [9.17, 15) is 0 Å². The van der Waals surface area contributed by atoms with Crippen LogP contribution in [0, 0.1) is 0 Å². The second-order valence-corrected chi connectivity index (χ2v) is 4.58. The number of hydrogen-bond acceptors (Lipinski definition) is 5. The van der Waals surface area contributed by atoms with Crippen LogP contribution in [0.3, 0.4) is 0 Å². The maximum Gasteiger partial charge on any atom is 0.147 e. The Labute approximate surface area is 102 Å². The van der Waals surface area contributed by atoms with E-state index in [1.165, 1.54) is 0 Å². The van der Waals surface area contributed by atoms with E-state index < -0.39 is 0 Å². The lowest BCUT2D eigenvalue weighted by molar-refractivity contribution is -0.00503. The molecule has 2 rings (SSSR count). The lowest BCUT2D eigenvalue weighted by Gasteiger charge is -2.44. The number of ether oxygens (including phenoxy) is 1. The van der Waals surface area contributed by atoms with Gasteiger partial charge in [0.1, 0.15) is 12.2 Å². The van der Waals surface area contributed by atoms with Gasteiger partial charge in [0.25, 0.3) is 0 Å². The van der Waals surface area contributed by atoms with Gasteiger partial charge in [-0.15, -0.1) is 10.2 Å². The molecule has 0 aliphatic carbocycles. The molecule has 1 atom stereocenters. The van der Waals surface area contributed by atoms with Gasteiger partial charge in [-0.2, -0.15) is 0 Å². The van der Waals surface area contributed by atoms with Crippen molar-refractivity contribution < 1.29 is 4.74 Å². The van der Waals surface area contributed by atoms with Gasteiger partial charge in [-0.05, 0) is 6.42 Å². The van der Waals surface area contributed by atoms with Crippen molar-refractivity contribution in [3.8, 4) is 0 Å². The number of methoxy groups -OCH3 is 1. The van der Waals surface area contributed by atoms with Crippen LogP contribution in [-0.2, 0) is 17.8 Å². The molecule has 0 saturated carbocycles. The van der Waals surface area contributed by atoms with Gasteiger partial charge in [-0.3, -0.25) is 4.90 Å². The number of rotatable bonds is 5. The van der Waals surface area contributed by atoms with Crippen molar-refractivity contribution in [2.45, 2.75) is 32.0 Å². The van der Waals surface area contributed by atoms with Crippen LogP contribution in [0.25, 0.3) is 0 Å². The van der Waals surface area contributed by atoms with Crippen molar-refractivity contribution in [3.63, 3.8) is 0 Å². The molecule has 0 saturated heterocycles. The van der Waals surface area contributed by atoms with Crippen molar-refractivity contribution in [2.75, 3.05) is 26.8 Å². The van der Waals surface area contributed by atoms with Crippen LogP contribution < -0.4 is 5.73 Å². The quantitative estimate of drug-likeness (QED) is 0.773. The zero-order valence-corrected chi connectivity index (χ0v) is 10.6. The molecule has 2 N–H and O–H groups in total. The molecule has 0 aromatic carbocycles. The molecule has 1 unspecified atom stereocenters. The Bertz CT molecular complexity index is 360. The Morgan fingerprint density at radius 3 is 3.00 bits per heavy atom. The summed E-state index contributed by atoms with van der Waals surface area (Å²) in [6.07, 6.45) is 2.77. The van der Waals surface area contributed by atoms with Crippen LogP contribution in [0.2, 0.25) is 0 Å². The highest BCUT2D eigenvalue weighted by Gasteiger charge is 2.36. The lowest BCUT2D eigenvalue weighted by Crippen LogP contribution is -2.58. The summed E-state index contributed by atoms with van der Waals surface area (Å²) >= 11 is 0. The fourth-order valence-electron chi connectivity index (χ4n) is 2.49. The van der Waals surface area contributed by atoms with E-state index in [1.54, 1.807) is 13.4 Å². The fraction of sp³-hybridized carbons (Fsp3) is 0.818. The predicted molar refractivity (Wildman–Crippen MR) is 64.4 cm³/mol. The summed E-state index contributed by atoms with van der Waals surface area (Å²) in [7, 11) is 1.73. The molecular formula is C11H21N5O. The minimum atomic E-state index is -0.0774. The Kier molecular flexibility index (Phi) is 3.76. The summed E-state index contributed by atoms with van der Waals surface area (Å²) in [5.41, 5.74) is 5.89. The molecule has 0 bridgehead atoms. The molecular weight excluding hydrogens is 218 g/mol. The molecule has 96 valence electrons. The second-order valence-electron chi connectivity index (χ2n) is 4.58. The van der Waals surface area contributed by atoms with Crippen molar-refractivity contribution in [2.24, 2.45) is 5.73 Å². The maximum absolute atomic E-state index is 5.97. The summed E-state index contributed by atoms with van der Waals surface area (Å²) in [6.45, 7) is 6.12. The summed E-state index contributed by atoms with van der Waals surface area (Å²) < 4.78 is 7.44. The Hall–Kier alpha value is -0.980. The Balaban J connectivity index is 2.16. The molecule has 0 fully saturated rings. The van der Waals surface area contributed by atoms with Crippen LogP contribution in [0.5, 0.6) is 0 Å².